The third-order valence-electron chi connectivity index (χ3n) is 4.85. The zero-order valence-corrected chi connectivity index (χ0v) is 16.4. The minimum atomic E-state index is -0.551. The molecule has 2 aromatic rings. The third kappa shape index (κ3) is 4.39. The largest absolute Gasteiger partial charge is 0.451 e. The average Bonchev–Trinajstić information content (AvgIpc) is 3.18. The van der Waals surface area contributed by atoms with Gasteiger partial charge < -0.3 is 9.64 Å². The lowest BCUT2D eigenvalue weighted by atomic mass is 10.0. The van der Waals surface area contributed by atoms with Crippen LogP contribution in [0.15, 0.2) is 65.8 Å². The standard InChI is InChI=1S/C22H25N3O3/c1-16(2)24(3)21(26)15-28-22(27)19-14-20(17-10-6-4-7-11-17)25(23-19)18-12-8-5-9-13-18/h4-13,16,20H,14-15H2,1-3H3. The summed E-state index contributed by atoms with van der Waals surface area (Å²) in [5, 5.41) is 6.37. The molecule has 1 amide bonds. The molecule has 1 heterocycles. The molecule has 2 aromatic carbocycles. The van der Waals surface area contributed by atoms with E-state index in [0.29, 0.717) is 12.1 Å². The van der Waals surface area contributed by atoms with E-state index < -0.39 is 5.97 Å². The van der Waals surface area contributed by atoms with Crippen LogP contribution in [0.1, 0.15) is 31.9 Å². The van der Waals surface area contributed by atoms with Crippen molar-refractivity contribution in [2.75, 3.05) is 18.7 Å². The molecule has 1 unspecified atom stereocenters. The molecule has 0 aromatic heterocycles. The molecular weight excluding hydrogens is 354 g/mol. The van der Waals surface area contributed by atoms with Crippen molar-refractivity contribution >= 4 is 23.3 Å². The van der Waals surface area contributed by atoms with E-state index >= 15 is 0 Å². The molecule has 0 saturated heterocycles. The van der Waals surface area contributed by atoms with Gasteiger partial charge in [-0.3, -0.25) is 9.80 Å². The molecule has 6 nitrogen and oxygen atoms in total. The molecule has 6 heteroatoms. The van der Waals surface area contributed by atoms with Gasteiger partial charge in [-0.05, 0) is 31.5 Å². The van der Waals surface area contributed by atoms with Crippen molar-refractivity contribution in [3.05, 3.63) is 66.2 Å². The summed E-state index contributed by atoms with van der Waals surface area (Å²) in [5.41, 5.74) is 2.28. The third-order valence-corrected chi connectivity index (χ3v) is 4.85. The molecule has 0 aliphatic carbocycles. The van der Waals surface area contributed by atoms with Gasteiger partial charge in [0.1, 0.15) is 5.71 Å². The summed E-state index contributed by atoms with van der Waals surface area (Å²) < 4.78 is 5.24. The number of ether oxygens (including phenoxy) is 1. The maximum Gasteiger partial charge on any atom is 0.355 e. The van der Waals surface area contributed by atoms with E-state index in [2.05, 4.69) is 5.10 Å². The summed E-state index contributed by atoms with van der Waals surface area (Å²) >= 11 is 0. The molecule has 28 heavy (non-hydrogen) atoms. The van der Waals surface area contributed by atoms with Crippen molar-refractivity contribution in [3.8, 4) is 0 Å². The van der Waals surface area contributed by atoms with E-state index in [-0.39, 0.29) is 24.6 Å². The number of hydrogen-bond acceptors (Lipinski definition) is 5. The second-order valence-electron chi connectivity index (χ2n) is 7.03. The first kappa shape index (κ1) is 19.6. The zero-order chi connectivity index (χ0) is 20.1. The van der Waals surface area contributed by atoms with E-state index in [9.17, 15) is 9.59 Å². The Morgan fingerprint density at radius 1 is 1.11 bits per heavy atom. The number of rotatable bonds is 6. The molecule has 1 atom stereocenters. The van der Waals surface area contributed by atoms with Gasteiger partial charge in [0.2, 0.25) is 0 Å². The van der Waals surface area contributed by atoms with Crippen LogP contribution in [0, 0.1) is 0 Å². The molecule has 0 bridgehead atoms. The van der Waals surface area contributed by atoms with Crippen LogP contribution in [0.3, 0.4) is 0 Å². The van der Waals surface area contributed by atoms with Crippen LogP contribution < -0.4 is 5.01 Å². The first-order valence-electron chi connectivity index (χ1n) is 9.37. The molecule has 146 valence electrons. The zero-order valence-electron chi connectivity index (χ0n) is 16.4. The molecule has 1 aliphatic heterocycles. The molecule has 0 N–H and O–H groups in total. The second-order valence-corrected chi connectivity index (χ2v) is 7.03. The van der Waals surface area contributed by atoms with Crippen molar-refractivity contribution in [3.63, 3.8) is 0 Å². The molecule has 0 fully saturated rings. The molecule has 1 aliphatic rings. The van der Waals surface area contributed by atoms with Crippen LogP contribution in [0.2, 0.25) is 0 Å². The fraction of sp³-hybridized carbons (Fsp3) is 0.318. The van der Waals surface area contributed by atoms with Crippen LogP contribution in [-0.2, 0) is 14.3 Å². The van der Waals surface area contributed by atoms with Crippen molar-refractivity contribution in [1.29, 1.82) is 0 Å². The van der Waals surface area contributed by atoms with Crippen LogP contribution in [0.4, 0.5) is 5.69 Å². The number of hydrogen-bond donors (Lipinski definition) is 0. The van der Waals surface area contributed by atoms with E-state index in [1.54, 1.807) is 11.9 Å². The number of benzene rings is 2. The van der Waals surface area contributed by atoms with E-state index in [4.69, 9.17) is 4.74 Å². The second kappa shape index (κ2) is 8.69. The van der Waals surface area contributed by atoms with Gasteiger partial charge in [-0.1, -0.05) is 48.5 Å². The fourth-order valence-electron chi connectivity index (χ4n) is 2.99. The highest BCUT2D eigenvalue weighted by molar-refractivity contribution is 6.37. The molecule has 3 rings (SSSR count). The first-order valence-corrected chi connectivity index (χ1v) is 9.37. The predicted octanol–water partition coefficient (Wildman–Crippen LogP) is 3.40. The number of anilines is 1. The SMILES string of the molecule is CC(C)N(C)C(=O)COC(=O)C1=NN(c2ccccc2)C(c2ccccc2)C1. The fourth-order valence-corrected chi connectivity index (χ4v) is 2.99. The summed E-state index contributed by atoms with van der Waals surface area (Å²) in [6.07, 6.45) is 0.423. The summed E-state index contributed by atoms with van der Waals surface area (Å²) in [6.45, 7) is 3.53. The van der Waals surface area contributed by atoms with Gasteiger partial charge in [-0.15, -0.1) is 0 Å². The van der Waals surface area contributed by atoms with Crippen LogP contribution in [0.25, 0.3) is 0 Å². The van der Waals surface area contributed by atoms with Gasteiger partial charge in [0.25, 0.3) is 5.91 Å². The highest BCUT2D eigenvalue weighted by Crippen LogP contribution is 2.35. The Labute approximate surface area is 165 Å². The smallest absolute Gasteiger partial charge is 0.355 e. The monoisotopic (exact) mass is 379 g/mol. The topological polar surface area (TPSA) is 62.2 Å². The molecular formula is C22H25N3O3. The highest BCUT2D eigenvalue weighted by Gasteiger charge is 2.33. The van der Waals surface area contributed by atoms with Crippen molar-refractivity contribution in [1.82, 2.24) is 4.90 Å². The number of carbonyl (C=O) groups is 2. The van der Waals surface area contributed by atoms with Crippen LogP contribution in [0.5, 0.6) is 0 Å². The number of likely N-dealkylation sites (N-methyl/N-ethyl adjacent to an activating group) is 1. The quantitative estimate of drug-likeness (QED) is 0.722. The lowest BCUT2D eigenvalue weighted by molar-refractivity contribution is -0.147. The number of nitrogens with zero attached hydrogens (tertiary/aromatic N) is 3. The summed E-state index contributed by atoms with van der Waals surface area (Å²) in [7, 11) is 1.69. The van der Waals surface area contributed by atoms with Gasteiger partial charge in [-0.25, -0.2) is 4.79 Å². The molecule has 0 spiro atoms. The highest BCUT2D eigenvalue weighted by atomic mass is 16.5. The van der Waals surface area contributed by atoms with Gasteiger partial charge in [0, 0.05) is 19.5 Å². The number of hydrazone groups is 1. The maximum atomic E-state index is 12.5. The summed E-state index contributed by atoms with van der Waals surface area (Å²) in [4.78, 5) is 26.2. The summed E-state index contributed by atoms with van der Waals surface area (Å²) in [6, 6.07) is 19.6. The normalized spacial score (nSPS) is 16.1. The van der Waals surface area contributed by atoms with Crippen LogP contribution >= 0.6 is 0 Å². The Hall–Kier alpha value is -3.15. The van der Waals surface area contributed by atoms with Gasteiger partial charge in [0.05, 0.1) is 11.7 Å². The Kier molecular flexibility index (Phi) is 6.09. The lowest BCUT2D eigenvalue weighted by Crippen LogP contribution is -2.36. The number of para-hydroxylation sites is 1. The average molecular weight is 379 g/mol. The van der Waals surface area contributed by atoms with Gasteiger partial charge in [-0.2, -0.15) is 5.10 Å². The Morgan fingerprint density at radius 3 is 2.32 bits per heavy atom. The number of carbonyl (C=O) groups excluding carboxylic acids is 2. The Balaban J connectivity index is 1.76. The lowest BCUT2D eigenvalue weighted by Gasteiger charge is -2.23. The van der Waals surface area contributed by atoms with Crippen molar-refractivity contribution in [2.45, 2.75) is 32.4 Å². The minimum absolute atomic E-state index is 0.0473. The minimum Gasteiger partial charge on any atom is -0.451 e. The maximum absolute atomic E-state index is 12.5. The van der Waals surface area contributed by atoms with Gasteiger partial charge in [0.15, 0.2) is 6.61 Å². The number of esters is 1. The van der Waals surface area contributed by atoms with Crippen LogP contribution in [-0.4, -0.2) is 42.2 Å². The Morgan fingerprint density at radius 2 is 1.71 bits per heavy atom. The van der Waals surface area contributed by atoms with E-state index in [1.807, 2.05) is 79.5 Å². The predicted molar refractivity (Wildman–Crippen MR) is 109 cm³/mol. The Bertz CT molecular complexity index is 850. The van der Waals surface area contributed by atoms with E-state index in [0.717, 1.165) is 11.3 Å². The van der Waals surface area contributed by atoms with Gasteiger partial charge >= 0.3 is 5.97 Å². The molecule has 0 radical (unpaired) electrons. The summed E-state index contributed by atoms with van der Waals surface area (Å²) in [5.74, 6) is -0.786. The van der Waals surface area contributed by atoms with E-state index in [1.165, 1.54) is 0 Å². The molecule has 0 saturated carbocycles. The number of amides is 1. The first-order chi connectivity index (χ1) is 13.5. The van der Waals surface area contributed by atoms with Crippen molar-refractivity contribution < 1.29 is 14.3 Å². The van der Waals surface area contributed by atoms with Crippen molar-refractivity contribution in [2.24, 2.45) is 5.10 Å².